The first-order valence-corrected chi connectivity index (χ1v) is 14.4. The lowest BCUT2D eigenvalue weighted by Gasteiger charge is -2.19. The predicted octanol–water partition coefficient (Wildman–Crippen LogP) is 4.12. The van der Waals surface area contributed by atoms with Crippen molar-refractivity contribution in [2.24, 2.45) is 0 Å². The minimum atomic E-state index is -0.798. The lowest BCUT2D eigenvalue weighted by Crippen LogP contribution is -2.43. The zero-order chi connectivity index (χ0) is 29.0. The molecule has 0 radical (unpaired) electrons. The van der Waals surface area contributed by atoms with E-state index in [0.29, 0.717) is 38.1 Å². The fraction of sp³-hybridized carbons (Fsp3) is 0.296. The van der Waals surface area contributed by atoms with Gasteiger partial charge in [0.25, 0.3) is 0 Å². The molecular weight excluding hydrogens is 585 g/mol. The van der Waals surface area contributed by atoms with Crippen molar-refractivity contribution in [3.05, 3.63) is 70.2 Å². The topological polar surface area (TPSA) is 133 Å². The van der Waals surface area contributed by atoms with Gasteiger partial charge in [0.2, 0.25) is 17.0 Å². The normalized spacial score (nSPS) is 12.9. The number of anilines is 1. The van der Waals surface area contributed by atoms with E-state index in [1.54, 1.807) is 32.0 Å². The van der Waals surface area contributed by atoms with E-state index in [1.165, 1.54) is 52.2 Å². The van der Waals surface area contributed by atoms with Gasteiger partial charge in [0.05, 0.1) is 32.7 Å². The van der Waals surface area contributed by atoms with Crippen molar-refractivity contribution in [2.75, 3.05) is 11.1 Å². The Hall–Kier alpha value is -3.92. The zero-order valence-corrected chi connectivity index (χ0v) is 24.5. The summed E-state index contributed by atoms with van der Waals surface area (Å²) >= 11 is 14.1. The summed E-state index contributed by atoms with van der Waals surface area (Å²) in [7, 11) is 0. The van der Waals surface area contributed by atoms with Crippen LogP contribution in [0.1, 0.15) is 43.7 Å². The molecule has 5 rings (SSSR count). The summed E-state index contributed by atoms with van der Waals surface area (Å²) in [5.41, 5.74) is 2.14. The monoisotopic (exact) mass is 609 g/mol. The Bertz CT molecular complexity index is 1640. The highest BCUT2D eigenvalue weighted by Gasteiger charge is 2.25. The largest absolute Gasteiger partial charge is 0.339 e. The quantitative estimate of drug-likeness (QED) is 0.214. The number of rotatable bonds is 9. The molecule has 0 bridgehead atoms. The number of amides is 2. The minimum absolute atomic E-state index is 0.0414. The van der Waals surface area contributed by atoms with Gasteiger partial charge in [0.15, 0.2) is 0 Å². The van der Waals surface area contributed by atoms with Gasteiger partial charge < -0.3 is 10.6 Å². The van der Waals surface area contributed by atoms with E-state index < -0.39 is 5.54 Å². The highest BCUT2D eigenvalue weighted by Crippen LogP contribution is 2.41. The van der Waals surface area contributed by atoms with Crippen molar-refractivity contribution in [3.63, 3.8) is 0 Å². The summed E-state index contributed by atoms with van der Waals surface area (Å²) in [6, 6.07) is 11.0. The number of hydrogen-bond acceptors (Lipinski definition) is 8. The van der Waals surface area contributed by atoms with Crippen LogP contribution in [-0.4, -0.2) is 58.1 Å². The molecule has 1 saturated carbocycles. The molecule has 0 atom stereocenters. The Balaban J connectivity index is 1.16. The number of tetrazole rings is 1. The third kappa shape index (κ3) is 7.64. The SMILES string of the molecule is CC(C)(C#Cc1ccc(NC(=O)CSc2nnnn2-c2ccc(C3CC3)cc2Cl)c(Cl)c1)NC(=O)Cn1cncn1. The van der Waals surface area contributed by atoms with E-state index in [9.17, 15) is 9.59 Å². The first-order chi connectivity index (χ1) is 19.7. The van der Waals surface area contributed by atoms with Crippen LogP contribution in [0, 0.1) is 11.8 Å². The van der Waals surface area contributed by atoms with E-state index in [1.807, 2.05) is 18.2 Å². The number of thioether (sulfide) groups is 1. The predicted molar refractivity (Wildman–Crippen MR) is 156 cm³/mol. The van der Waals surface area contributed by atoms with Gasteiger partial charge in [-0.2, -0.15) is 9.78 Å². The first-order valence-electron chi connectivity index (χ1n) is 12.6. The number of carbonyl (C=O) groups excluding carboxylic acids is 2. The molecule has 0 spiro atoms. The minimum Gasteiger partial charge on any atom is -0.339 e. The van der Waals surface area contributed by atoms with Crippen molar-refractivity contribution in [2.45, 2.75) is 49.8 Å². The Kier molecular flexibility index (Phi) is 8.58. The number of nitrogens with one attached hydrogen (secondary N) is 2. The molecule has 2 heterocycles. The Morgan fingerprint density at radius 2 is 1.95 bits per heavy atom. The Morgan fingerprint density at radius 3 is 2.66 bits per heavy atom. The van der Waals surface area contributed by atoms with Gasteiger partial charge in [-0.25, -0.2) is 9.67 Å². The average Bonchev–Trinajstić information content (AvgIpc) is 3.46. The van der Waals surface area contributed by atoms with Crippen LogP contribution < -0.4 is 10.6 Å². The summed E-state index contributed by atoms with van der Waals surface area (Å²) in [6.07, 6.45) is 5.19. The molecule has 1 fully saturated rings. The zero-order valence-electron chi connectivity index (χ0n) is 22.1. The van der Waals surface area contributed by atoms with E-state index in [4.69, 9.17) is 23.2 Å². The smallest absolute Gasteiger partial charge is 0.242 e. The van der Waals surface area contributed by atoms with Crippen LogP contribution in [0.2, 0.25) is 10.0 Å². The Morgan fingerprint density at radius 1 is 1.12 bits per heavy atom. The maximum Gasteiger partial charge on any atom is 0.242 e. The Labute approximate surface area is 250 Å². The molecule has 2 N–H and O–H groups in total. The van der Waals surface area contributed by atoms with Gasteiger partial charge in [0.1, 0.15) is 19.2 Å². The van der Waals surface area contributed by atoms with Crippen molar-refractivity contribution in [3.8, 4) is 17.5 Å². The molecule has 4 aromatic rings. The molecule has 210 valence electrons. The molecule has 0 saturated heterocycles. The molecular formula is C27H25Cl2N9O2S. The van der Waals surface area contributed by atoms with Crippen LogP contribution >= 0.6 is 35.0 Å². The lowest BCUT2D eigenvalue weighted by molar-refractivity contribution is -0.123. The number of benzene rings is 2. The third-order valence-electron chi connectivity index (χ3n) is 6.01. The van der Waals surface area contributed by atoms with E-state index >= 15 is 0 Å². The molecule has 1 aliphatic rings. The fourth-order valence-electron chi connectivity index (χ4n) is 3.91. The number of halogens is 2. The second-order valence-corrected chi connectivity index (χ2v) is 11.7. The van der Waals surface area contributed by atoms with Crippen LogP contribution in [-0.2, 0) is 16.1 Å². The fourth-order valence-corrected chi connectivity index (χ4v) is 5.09. The van der Waals surface area contributed by atoms with Crippen molar-refractivity contribution >= 4 is 52.5 Å². The maximum atomic E-state index is 12.7. The highest BCUT2D eigenvalue weighted by atomic mass is 35.5. The van der Waals surface area contributed by atoms with Crippen LogP contribution in [0.25, 0.3) is 5.69 Å². The van der Waals surface area contributed by atoms with Gasteiger partial charge in [0, 0.05) is 5.56 Å². The molecule has 41 heavy (non-hydrogen) atoms. The standard InChI is InChI=1S/C27H25Cl2N9O2S/c1-27(2,33-24(39)13-37-16-30-15-31-37)10-9-17-3-7-22(20(28)11-17)32-25(40)14-41-26-34-35-36-38(26)23-8-6-19(12-21(23)29)18-4-5-18/h3,6-8,11-12,15-16,18H,4-5,13-14H2,1-2H3,(H,32,40)(H,33,39). The third-order valence-corrected chi connectivity index (χ3v) is 7.54. The highest BCUT2D eigenvalue weighted by molar-refractivity contribution is 7.99. The molecule has 2 aromatic carbocycles. The molecule has 2 amide bonds. The van der Waals surface area contributed by atoms with Crippen LogP contribution in [0.5, 0.6) is 0 Å². The molecule has 0 aliphatic heterocycles. The molecule has 2 aromatic heterocycles. The molecule has 0 unspecified atom stereocenters. The van der Waals surface area contributed by atoms with Crippen molar-refractivity contribution in [1.82, 2.24) is 40.3 Å². The van der Waals surface area contributed by atoms with E-state index in [2.05, 4.69) is 48.1 Å². The van der Waals surface area contributed by atoms with Gasteiger partial charge in [-0.15, -0.1) is 5.10 Å². The van der Waals surface area contributed by atoms with Crippen molar-refractivity contribution < 1.29 is 9.59 Å². The number of hydrogen-bond donors (Lipinski definition) is 2. The first kappa shape index (κ1) is 28.6. The number of carbonyl (C=O) groups is 2. The lowest BCUT2D eigenvalue weighted by atomic mass is 10.1. The second-order valence-electron chi connectivity index (χ2n) is 9.91. The average molecular weight is 611 g/mol. The molecule has 11 nitrogen and oxygen atoms in total. The second kappa shape index (κ2) is 12.3. The van der Waals surface area contributed by atoms with E-state index in [-0.39, 0.29) is 24.1 Å². The van der Waals surface area contributed by atoms with Gasteiger partial charge in [-0.05, 0) is 78.9 Å². The molecule has 14 heteroatoms. The number of nitrogens with zero attached hydrogens (tertiary/aromatic N) is 7. The van der Waals surface area contributed by atoms with Gasteiger partial charge >= 0.3 is 0 Å². The van der Waals surface area contributed by atoms with Crippen molar-refractivity contribution in [1.29, 1.82) is 0 Å². The van der Waals surface area contributed by atoms with Gasteiger partial charge in [-0.1, -0.05) is 52.9 Å². The summed E-state index contributed by atoms with van der Waals surface area (Å²) in [4.78, 5) is 28.8. The van der Waals surface area contributed by atoms with Crippen LogP contribution in [0.3, 0.4) is 0 Å². The summed E-state index contributed by atoms with van der Waals surface area (Å²) in [5, 5.41) is 22.7. The summed E-state index contributed by atoms with van der Waals surface area (Å²) in [6.45, 7) is 3.63. The summed E-state index contributed by atoms with van der Waals surface area (Å²) in [5.74, 6) is 6.16. The summed E-state index contributed by atoms with van der Waals surface area (Å²) < 4.78 is 2.95. The molecule has 1 aliphatic carbocycles. The number of aromatic nitrogens is 7. The van der Waals surface area contributed by atoms with Gasteiger partial charge in [-0.3, -0.25) is 9.59 Å². The maximum absolute atomic E-state index is 12.7. The van der Waals surface area contributed by atoms with Crippen LogP contribution in [0.15, 0.2) is 54.2 Å². The van der Waals surface area contributed by atoms with E-state index in [0.717, 1.165) is 0 Å². The van der Waals surface area contributed by atoms with Crippen LogP contribution in [0.4, 0.5) is 5.69 Å².